The molecule has 27 heavy (non-hydrogen) atoms. The number of carbonyl (C=O) groups is 1. The molecule has 0 aliphatic rings. The van der Waals surface area contributed by atoms with E-state index in [9.17, 15) is 9.59 Å². The number of amides is 1. The Balaban J connectivity index is 1.54. The van der Waals surface area contributed by atoms with Gasteiger partial charge in [0.15, 0.2) is 5.69 Å². The van der Waals surface area contributed by atoms with Crippen LogP contribution in [0.2, 0.25) is 0 Å². The molecule has 4 aromatic rings. The van der Waals surface area contributed by atoms with Gasteiger partial charge in [0.2, 0.25) is 11.8 Å². The molecule has 4 rings (SSSR count). The van der Waals surface area contributed by atoms with E-state index in [-0.39, 0.29) is 18.1 Å². The smallest absolute Gasteiger partial charge is 0.282 e. The fourth-order valence-electron chi connectivity index (χ4n) is 2.69. The third-order valence-corrected chi connectivity index (χ3v) is 4.09. The van der Waals surface area contributed by atoms with Crippen LogP contribution in [0.1, 0.15) is 16.4 Å². The molecule has 0 aliphatic heterocycles. The third-order valence-electron chi connectivity index (χ3n) is 4.09. The molecule has 0 aliphatic carbocycles. The molecule has 0 radical (unpaired) electrons. The first kappa shape index (κ1) is 16.6. The number of nitrogens with one attached hydrogen (secondary N) is 1. The van der Waals surface area contributed by atoms with E-state index in [1.54, 1.807) is 25.2 Å². The van der Waals surface area contributed by atoms with Crippen molar-refractivity contribution in [2.24, 2.45) is 7.05 Å². The number of aryl methyl sites for hydroxylation is 1. The molecule has 0 atom stereocenters. The molecule has 134 valence electrons. The van der Waals surface area contributed by atoms with Crippen LogP contribution < -0.4 is 10.9 Å². The van der Waals surface area contributed by atoms with Crippen LogP contribution in [0.3, 0.4) is 0 Å². The van der Waals surface area contributed by atoms with Crippen molar-refractivity contribution < 1.29 is 9.21 Å². The van der Waals surface area contributed by atoms with E-state index in [0.29, 0.717) is 16.9 Å². The van der Waals surface area contributed by atoms with E-state index < -0.39 is 11.5 Å². The first-order chi connectivity index (χ1) is 13.1. The van der Waals surface area contributed by atoms with Gasteiger partial charge in [-0.3, -0.25) is 9.59 Å². The summed E-state index contributed by atoms with van der Waals surface area (Å²) in [5.41, 5.74) is 1.35. The Labute approximate surface area is 153 Å². The highest BCUT2D eigenvalue weighted by Gasteiger charge is 2.17. The van der Waals surface area contributed by atoms with E-state index in [0.717, 1.165) is 5.56 Å². The molecule has 0 unspecified atom stereocenters. The standard InChI is InChI=1S/C19H15N5O3/c1-24-14-10-6-5-9-13(14)21-16(19(24)26)17(25)20-11-15-22-23-18(27-15)12-7-3-2-4-8-12/h2-10H,11H2,1H3,(H,20,25). The van der Waals surface area contributed by atoms with Crippen molar-refractivity contribution >= 4 is 16.9 Å². The van der Waals surface area contributed by atoms with Crippen LogP contribution in [0.4, 0.5) is 0 Å². The maximum Gasteiger partial charge on any atom is 0.282 e. The second-order valence-corrected chi connectivity index (χ2v) is 5.86. The summed E-state index contributed by atoms with van der Waals surface area (Å²) < 4.78 is 6.94. The van der Waals surface area contributed by atoms with Crippen LogP contribution in [0.5, 0.6) is 0 Å². The zero-order valence-electron chi connectivity index (χ0n) is 14.4. The van der Waals surface area contributed by atoms with E-state index in [2.05, 4.69) is 20.5 Å². The van der Waals surface area contributed by atoms with Crippen LogP contribution in [-0.4, -0.2) is 25.7 Å². The number of rotatable bonds is 4. The maximum absolute atomic E-state index is 12.4. The lowest BCUT2D eigenvalue weighted by atomic mass is 10.2. The van der Waals surface area contributed by atoms with Crippen molar-refractivity contribution in [2.75, 3.05) is 0 Å². The number of carbonyl (C=O) groups excluding carboxylic acids is 1. The van der Waals surface area contributed by atoms with Crippen molar-refractivity contribution in [1.82, 2.24) is 25.1 Å². The van der Waals surface area contributed by atoms with Gasteiger partial charge >= 0.3 is 0 Å². The Kier molecular flexibility index (Phi) is 4.21. The van der Waals surface area contributed by atoms with Crippen molar-refractivity contribution in [2.45, 2.75) is 6.54 Å². The molecule has 0 saturated heterocycles. The van der Waals surface area contributed by atoms with Gasteiger partial charge in [0.1, 0.15) is 0 Å². The average Bonchev–Trinajstić information content (AvgIpc) is 3.19. The summed E-state index contributed by atoms with van der Waals surface area (Å²) in [6, 6.07) is 16.4. The molecule has 2 aromatic carbocycles. The van der Waals surface area contributed by atoms with Crippen molar-refractivity contribution in [3.05, 3.63) is 76.5 Å². The van der Waals surface area contributed by atoms with E-state index in [1.165, 1.54) is 4.57 Å². The molecular formula is C19H15N5O3. The molecule has 2 aromatic heterocycles. The summed E-state index contributed by atoms with van der Waals surface area (Å²) in [6.45, 7) is -0.00364. The number of benzene rings is 2. The van der Waals surface area contributed by atoms with E-state index in [1.807, 2.05) is 36.4 Å². The zero-order valence-corrected chi connectivity index (χ0v) is 14.4. The second kappa shape index (κ2) is 6.83. The highest BCUT2D eigenvalue weighted by Crippen LogP contribution is 2.16. The molecular weight excluding hydrogens is 346 g/mol. The van der Waals surface area contributed by atoms with Gasteiger partial charge in [0, 0.05) is 12.6 Å². The number of fused-ring (bicyclic) bond motifs is 1. The molecule has 1 amide bonds. The number of hydrogen-bond donors (Lipinski definition) is 1. The molecule has 8 nitrogen and oxygen atoms in total. The van der Waals surface area contributed by atoms with E-state index in [4.69, 9.17) is 4.42 Å². The molecule has 2 heterocycles. The topological polar surface area (TPSA) is 103 Å². The lowest BCUT2D eigenvalue weighted by Gasteiger charge is -2.07. The second-order valence-electron chi connectivity index (χ2n) is 5.86. The fraction of sp³-hybridized carbons (Fsp3) is 0.105. The van der Waals surface area contributed by atoms with Gasteiger partial charge in [-0.25, -0.2) is 4.98 Å². The molecule has 1 N–H and O–H groups in total. The molecule has 0 fully saturated rings. The van der Waals surface area contributed by atoms with Crippen LogP contribution in [0.25, 0.3) is 22.5 Å². The summed E-state index contributed by atoms with van der Waals surface area (Å²) in [5, 5.41) is 10.5. The molecule has 0 bridgehead atoms. The minimum atomic E-state index is -0.596. The maximum atomic E-state index is 12.4. The normalized spacial score (nSPS) is 10.9. The summed E-state index contributed by atoms with van der Waals surface area (Å²) in [7, 11) is 1.60. The van der Waals surface area contributed by atoms with Crippen molar-refractivity contribution in [3.8, 4) is 11.5 Å². The van der Waals surface area contributed by atoms with Crippen molar-refractivity contribution in [1.29, 1.82) is 0 Å². The molecule has 8 heteroatoms. The fourth-order valence-corrected chi connectivity index (χ4v) is 2.69. The Bertz CT molecular complexity index is 1180. The molecule has 0 spiro atoms. The summed E-state index contributed by atoms with van der Waals surface area (Å²) in [4.78, 5) is 29.0. The van der Waals surface area contributed by atoms with Crippen LogP contribution in [0.15, 0.2) is 63.8 Å². The summed E-state index contributed by atoms with van der Waals surface area (Å²) in [6.07, 6.45) is 0. The number of para-hydroxylation sites is 2. The van der Waals surface area contributed by atoms with Crippen molar-refractivity contribution in [3.63, 3.8) is 0 Å². The van der Waals surface area contributed by atoms with Crippen LogP contribution in [-0.2, 0) is 13.6 Å². The minimum absolute atomic E-state index is 0.00364. The Hall–Kier alpha value is -3.81. The monoisotopic (exact) mass is 361 g/mol. The lowest BCUT2D eigenvalue weighted by Crippen LogP contribution is -2.33. The summed E-state index contributed by atoms with van der Waals surface area (Å²) >= 11 is 0. The van der Waals surface area contributed by atoms with Gasteiger partial charge in [-0.05, 0) is 24.3 Å². The SMILES string of the molecule is Cn1c(=O)c(C(=O)NCc2nnc(-c3ccccc3)o2)nc2ccccc21. The lowest BCUT2D eigenvalue weighted by molar-refractivity contribution is 0.0940. The van der Waals surface area contributed by atoms with Gasteiger partial charge < -0.3 is 14.3 Å². The van der Waals surface area contributed by atoms with Gasteiger partial charge in [-0.1, -0.05) is 30.3 Å². The highest BCUT2D eigenvalue weighted by molar-refractivity contribution is 5.93. The first-order valence-corrected chi connectivity index (χ1v) is 8.25. The first-order valence-electron chi connectivity index (χ1n) is 8.25. The van der Waals surface area contributed by atoms with Gasteiger partial charge in [-0.2, -0.15) is 0 Å². The van der Waals surface area contributed by atoms with Gasteiger partial charge in [0.25, 0.3) is 11.5 Å². The van der Waals surface area contributed by atoms with E-state index >= 15 is 0 Å². The highest BCUT2D eigenvalue weighted by atomic mass is 16.4. The Morgan fingerprint density at radius 1 is 1.07 bits per heavy atom. The number of hydrogen-bond acceptors (Lipinski definition) is 6. The average molecular weight is 361 g/mol. The van der Waals surface area contributed by atoms with Crippen LogP contribution in [0, 0.1) is 0 Å². The summed E-state index contributed by atoms with van der Waals surface area (Å²) in [5.74, 6) is 0.000207. The Morgan fingerprint density at radius 2 is 1.81 bits per heavy atom. The van der Waals surface area contributed by atoms with Gasteiger partial charge in [-0.15, -0.1) is 10.2 Å². The molecule has 0 saturated carbocycles. The largest absolute Gasteiger partial charge is 0.419 e. The quantitative estimate of drug-likeness (QED) is 0.596. The Morgan fingerprint density at radius 3 is 2.63 bits per heavy atom. The van der Waals surface area contributed by atoms with Crippen LogP contribution >= 0.6 is 0 Å². The predicted octanol–water partition coefficient (Wildman–Crippen LogP) is 1.91. The minimum Gasteiger partial charge on any atom is -0.419 e. The third kappa shape index (κ3) is 3.20. The predicted molar refractivity (Wildman–Crippen MR) is 97.9 cm³/mol. The number of aromatic nitrogens is 4. The van der Waals surface area contributed by atoms with Gasteiger partial charge in [0.05, 0.1) is 17.6 Å². The zero-order chi connectivity index (χ0) is 18.8. The number of nitrogens with zero attached hydrogens (tertiary/aromatic N) is 4.